The molecule has 1 saturated heterocycles. The third-order valence-electron chi connectivity index (χ3n) is 3.69. The predicted octanol–water partition coefficient (Wildman–Crippen LogP) is 2.40. The molecule has 1 aliphatic heterocycles. The van der Waals surface area contributed by atoms with Gasteiger partial charge in [0.05, 0.1) is 19.2 Å². The van der Waals surface area contributed by atoms with Crippen LogP contribution in [0.25, 0.3) is 0 Å². The van der Waals surface area contributed by atoms with Crippen molar-refractivity contribution in [2.75, 3.05) is 26.4 Å². The lowest BCUT2D eigenvalue weighted by Crippen LogP contribution is -2.30. The summed E-state index contributed by atoms with van der Waals surface area (Å²) in [5.41, 5.74) is 0.874. The molecule has 6 heteroatoms. The zero-order chi connectivity index (χ0) is 15.9. The van der Waals surface area contributed by atoms with Crippen LogP contribution in [0.1, 0.15) is 12.5 Å². The first-order chi connectivity index (χ1) is 10.7. The summed E-state index contributed by atoms with van der Waals surface area (Å²) >= 11 is 0. The minimum Gasteiger partial charge on any atom is -0.466 e. The number of carbonyl (C=O) groups is 2. The summed E-state index contributed by atoms with van der Waals surface area (Å²) in [7, 11) is 0. The summed E-state index contributed by atoms with van der Waals surface area (Å²) < 4.78 is 23.2. The monoisotopic (exact) mass is 309 g/mol. The number of rotatable bonds is 5. The molecule has 1 aromatic carbocycles. The third kappa shape index (κ3) is 3.96. The van der Waals surface area contributed by atoms with Crippen molar-refractivity contribution in [2.24, 2.45) is 11.8 Å². The molecule has 1 aliphatic rings. The Labute approximate surface area is 129 Å². The van der Waals surface area contributed by atoms with E-state index in [0.717, 1.165) is 5.56 Å². The number of halogens is 1. The Morgan fingerprint density at radius 3 is 2.59 bits per heavy atom. The van der Waals surface area contributed by atoms with E-state index in [4.69, 9.17) is 9.47 Å². The molecule has 0 aliphatic carbocycles. The molecule has 5 nitrogen and oxygen atoms in total. The maximum absolute atomic E-state index is 13.0. The zero-order valence-corrected chi connectivity index (χ0v) is 12.5. The normalized spacial score (nSPS) is 20.7. The van der Waals surface area contributed by atoms with E-state index in [0.29, 0.717) is 0 Å². The van der Waals surface area contributed by atoms with Crippen LogP contribution in [0.15, 0.2) is 30.3 Å². The van der Waals surface area contributed by atoms with Crippen LogP contribution in [0, 0.1) is 11.8 Å². The van der Waals surface area contributed by atoms with Crippen LogP contribution in [0.5, 0.6) is 0 Å². The van der Waals surface area contributed by atoms with Gasteiger partial charge in [-0.2, -0.15) is 0 Å². The van der Waals surface area contributed by atoms with Crippen LogP contribution in [0.3, 0.4) is 0 Å². The van der Waals surface area contributed by atoms with Gasteiger partial charge in [0.2, 0.25) is 0 Å². The molecule has 0 bridgehead atoms. The molecule has 1 heterocycles. The smallest absolute Gasteiger partial charge is 0.410 e. The van der Waals surface area contributed by atoms with Gasteiger partial charge in [0, 0.05) is 19.0 Å². The Kier molecular flexibility index (Phi) is 5.75. The molecule has 0 saturated carbocycles. The number of benzene rings is 1. The molecule has 2 rings (SSSR count). The molecule has 0 aromatic heterocycles. The molecule has 2 unspecified atom stereocenters. The van der Waals surface area contributed by atoms with Gasteiger partial charge < -0.3 is 14.4 Å². The van der Waals surface area contributed by atoms with Gasteiger partial charge >= 0.3 is 12.1 Å². The summed E-state index contributed by atoms with van der Waals surface area (Å²) in [6, 6.07) is 9.29. The van der Waals surface area contributed by atoms with Crippen LogP contribution >= 0.6 is 0 Å². The van der Waals surface area contributed by atoms with Crippen molar-refractivity contribution in [3.8, 4) is 0 Å². The number of likely N-dealkylation sites (tertiary alicyclic amines) is 1. The van der Waals surface area contributed by atoms with E-state index in [1.165, 1.54) is 4.90 Å². The van der Waals surface area contributed by atoms with Gasteiger partial charge in [-0.3, -0.25) is 9.18 Å². The minimum absolute atomic E-state index is 0.140. The molecule has 2 atom stereocenters. The molecule has 0 spiro atoms. The average molecular weight is 309 g/mol. The van der Waals surface area contributed by atoms with E-state index in [1.54, 1.807) is 6.92 Å². The molecule has 1 fully saturated rings. The number of amides is 1. The predicted molar refractivity (Wildman–Crippen MR) is 77.8 cm³/mol. The first-order valence-corrected chi connectivity index (χ1v) is 7.34. The van der Waals surface area contributed by atoms with Crippen molar-refractivity contribution >= 4 is 12.1 Å². The molecule has 0 radical (unpaired) electrons. The van der Waals surface area contributed by atoms with Gasteiger partial charge in [-0.05, 0) is 12.5 Å². The van der Waals surface area contributed by atoms with Crippen molar-refractivity contribution in [1.82, 2.24) is 4.90 Å². The number of hydrogen-bond acceptors (Lipinski definition) is 4. The van der Waals surface area contributed by atoms with Crippen LogP contribution in [-0.4, -0.2) is 43.3 Å². The fourth-order valence-electron chi connectivity index (χ4n) is 2.50. The van der Waals surface area contributed by atoms with Crippen molar-refractivity contribution in [3.05, 3.63) is 35.9 Å². The number of esters is 1. The van der Waals surface area contributed by atoms with E-state index in [2.05, 4.69) is 0 Å². The van der Waals surface area contributed by atoms with E-state index in [1.807, 2.05) is 30.3 Å². The molecule has 1 aromatic rings. The van der Waals surface area contributed by atoms with Crippen LogP contribution < -0.4 is 0 Å². The topological polar surface area (TPSA) is 55.8 Å². The standard InChI is InChI=1S/C16H20FNO4/c1-2-21-15(19)14-10-18(9-13(14)8-17)16(20)22-11-12-6-4-3-5-7-12/h3-7,13-14H,2,8-11H2,1H3. The van der Waals surface area contributed by atoms with Gasteiger partial charge in [-0.25, -0.2) is 4.79 Å². The summed E-state index contributed by atoms with van der Waals surface area (Å²) in [6.07, 6.45) is -0.533. The highest BCUT2D eigenvalue weighted by atomic mass is 19.1. The maximum atomic E-state index is 13.0. The molecule has 0 N–H and O–H groups in total. The van der Waals surface area contributed by atoms with Crippen LogP contribution in [0.4, 0.5) is 9.18 Å². The van der Waals surface area contributed by atoms with E-state index >= 15 is 0 Å². The molecule has 120 valence electrons. The van der Waals surface area contributed by atoms with Gasteiger partial charge in [0.1, 0.15) is 6.61 Å². The third-order valence-corrected chi connectivity index (χ3v) is 3.69. The van der Waals surface area contributed by atoms with Crippen molar-refractivity contribution in [3.63, 3.8) is 0 Å². The lowest BCUT2D eigenvalue weighted by atomic mass is 9.98. The Bertz CT molecular complexity index is 508. The van der Waals surface area contributed by atoms with E-state index in [-0.39, 0.29) is 26.3 Å². The maximum Gasteiger partial charge on any atom is 0.410 e. The average Bonchev–Trinajstić information content (AvgIpc) is 2.98. The minimum atomic E-state index is -0.661. The van der Waals surface area contributed by atoms with Gasteiger partial charge in [-0.15, -0.1) is 0 Å². The van der Waals surface area contributed by atoms with Crippen LogP contribution in [-0.2, 0) is 20.9 Å². The summed E-state index contributed by atoms with van der Waals surface area (Å²) in [4.78, 5) is 25.2. The number of ether oxygens (including phenoxy) is 2. The summed E-state index contributed by atoms with van der Waals surface area (Å²) in [5.74, 6) is -1.60. The fraction of sp³-hybridized carbons (Fsp3) is 0.500. The fourth-order valence-corrected chi connectivity index (χ4v) is 2.50. The Morgan fingerprint density at radius 2 is 1.95 bits per heavy atom. The zero-order valence-electron chi connectivity index (χ0n) is 12.5. The number of alkyl halides is 1. The van der Waals surface area contributed by atoms with Crippen molar-refractivity contribution in [1.29, 1.82) is 0 Å². The quantitative estimate of drug-likeness (QED) is 0.784. The highest BCUT2D eigenvalue weighted by Gasteiger charge is 2.41. The first-order valence-electron chi connectivity index (χ1n) is 7.34. The van der Waals surface area contributed by atoms with Gasteiger partial charge in [0.15, 0.2) is 0 Å². The lowest BCUT2D eigenvalue weighted by molar-refractivity contribution is -0.149. The Hall–Kier alpha value is -2.11. The van der Waals surface area contributed by atoms with Crippen molar-refractivity contribution in [2.45, 2.75) is 13.5 Å². The van der Waals surface area contributed by atoms with E-state index in [9.17, 15) is 14.0 Å². The highest BCUT2D eigenvalue weighted by Crippen LogP contribution is 2.26. The molecule has 1 amide bonds. The highest BCUT2D eigenvalue weighted by molar-refractivity contribution is 5.76. The lowest BCUT2D eigenvalue weighted by Gasteiger charge is -2.16. The van der Waals surface area contributed by atoms with E-state index < -0.39 is 30.6 Å². The SMILES string of the molecule is CCOC(=O)C1CN(C(=O)OCc2ccccc2)CC1CF. The van der Waals surface area contributed by atoms with Gasteiger partial charge in [0.25, 0.3) is 0 Å². The van der Waals surface area contributed by atoms with Crippen LogP contribution in [0.2, 0.25) is 0 Å². The number of carbonyl (C=O) groups excluding carboxylic acids is 2. The number of nitrogens with zero attached hydrogens (tertiary/aromatic N) is 1. The second-order valence-electron chi connectivity index (χ2n) is 5.22. The Balaban J connectivity index is 1.89. The molecule has 22 heavy (non-hydrogen) atoms. The van der Waals surface area contributed by atoms with Crippen molar-refractivity contribution < 1.29 is 23.5 Å². The second kappa shape index (κ2) is 7.77. The number of hydrogen-bond donors (Lipinski definition) is 0. The second-order valence-corrected chi connectivity index (χ2v) is 5.22. The molecular weight excluding hydrogens is 289 g/mol. The molecular formula is C16H20FNO4. The largest absolute Gasteiger partial charge is 0.466 e. The van der Waals surface area contributed by atoms with Gasteiger partial charge in [-0.1, -0.05) is 30.3 Å². The first kappa shape index (κ1) is 16.3. The summed E-state index contributed by atoms with van der Waals surface area (Å²) in [5, 5.41) is 0. The summed E-state index contributed by atoms with van der Waals surface area (Å²) in [6.45, 7) is 1.75. The Morgan fingerprint density at radius 1 is 1.23 bits per heavy atom.